The molecule has 1 amide bonds. The van der Waals surface area contributed by atoms with Crippen molar-refractivity contribution in [2.24, 2.45) is 0 Å². The number of esters is 1. The van der Waals surface area contributed by atoms with Crippen molar-refractivity contribution in [2.75, 3.05) is 21.3 Å². The largest absolute Gasteiger partial charge is 0.493 e. The van der Waals surface area contributed by atoms with Gasteiger partial charge in [-0.3, -0.25) is 4.79 Å². The second-order valence-corrected chi connectivity index (χ2v) is 4.77. The Morgan fingerprint density at radius 2 is 1.71 bits per heavy atom. The highest BCUT2D eigenvalue weighted by atomic mass is 16.5. The third-order valence-electron chi connectivity index (χ3n) is 3.28. The summed E-state index contributed by atoms with van der Waals surface area (Å²) < 4.78 is 15.0. The van der Waals surface area contributed by atoms with Crippen molar-refractivity contribution < 1.29 is 23.8 Å². The summed E-state index contributed by atoms with van der Waals surface area (Å²) in [4.78, 5) is 27.6. The fourth-order valence-electron chi connectivity index (χ4n) is 2.04. The maximum Gasteiger partial charge on any atom is 0.356 e. The number of rotatable bonds is 6. The Labute approximate surface area is 139 Å². The first kappa shape index (κ1) is 17.3. The number of amides is 1. The molecular weight excluding hydrogens is 312 g/mol. The average Bonchev–Trinajstić information content (AvgIpc) is 2.65. The quantitative estimate of drug-likeness (QED) is 0.813. The van der Waals surface area contributed by atoms with E-state index >= 15 is 0 Å². The van der Waals surface area contributed by atoms with Crippen LogP contribution in [0.5, 0.6) is 11.5 Å². The van der Waals surface area contributed by atoms with Crippen molar-refractivity contribution in [3.8, 4) is 11.5 Å². The number of carbonyl (C=O) groups is 2. The Hall–Kier alpha value is -3.09. The highest BCUT2D eigenvalue weighted by Gasteiger charge is 2.12. The van der Waals surface area contributed by atoms with Crippen molar-refractivity contribution in [3.63, 3.8) is 0 Å². The maximum atomic E-state index is 12.2. The summed E-state index contributed by atoms with van der Waals surface area (Å²) in [5.74, 6) is 0.204. The molecule has 0 aliphatic heterocycles. The van der Waals surface area contributed by atoms with E-state index in [0.29, 0.717) is 11.5 Å². The Kier molecular flexibility index (Phi) is 5.73. The molecule has 0 bridgehead atoms. The molecule has 1 aromatic heterocycles. The summed E-state index contributed by atoms with van der Waals surface area (Å²) in [5, 5.41) is 2.74. The molecular formula is C17H18N2O5. The maximum absolute atomic E-state index is 12.2. The highest BCUT2D eigenvalue weighted by Crippen LogP contribution is 2.27. The minimum Gasteiger partial charge on any atom is -0.493 e. The van der Waals surface area contributed by atoms with Crippen LogP contribution in [0.15, 0.2) is 36.4 Å². The number of aromatic nitrogens is 1. The molecule has 0 fully saturated rings. The third kappa shape index (κ3) is 4.01. The van der Waals surface area contributed by atoms with Crippen molar-refractivity contribution in [3.05, 3.63) is 53.3 Å². The minimum absolute atomic E-state index is 0.0799. The predicted octanol–water partition coefficient (Wildman–Crippen LogP) is 1.82. The number of methoxy groups -OCH3 is 3. The van der Waals surface area contributed by atoms with Crippen LogP contribution in [0.4, 0.5) is 0 Å². The lowest BCUT2D eigenvalue weighted by Gasteiger charge is -2.10. The topological polar surface area (TPSA) is 86.8 Å². The van der Waals surface area contributed by atoms with Gasteiger partial charge in [0, 0.05) is 6.54 Å². The number of hydrogen-bond donors (Lipinski definition) is 1. The number of carbonyl (C=O) groups excluding carboxylic acids is 2. The Bertz CT molecular complexity index is 746. The standard InChI is InChI=1S/C17H18N2O5/c1-22-14-8-7-11(9-15(14)23-2)10-18-16(20)12-5-4-6-13(19-12)17(21)24-3/h4-9H,10H2,1-3H3,(H,18,20). The Morgan fingerprint density at radius 3 is 2.38 bits per heavy atom. The molecule has 1 N–H and O–H groups in total. The van der Waals surface area contributed by atoms with E-state index in [4.69, 9.17) is 9.47 Å². The third-order valence-corrected chi connectivity index (χ3v) is 3.28. The van der Waals surface area contributed by atoms with E-state index in [9.17, 15) is 9.59 Å². The Balaban J connectivity index is 2.07. The van der Waals surface area contributed by atoms with Crippen LogP contribution in [0.1, 0.15) is 26.5 Å². The predicted molar refractivity (Wildman–Crippen MR) is 86.3 cm³/mol. The second kappa shape index (κ2) is 7.96. The summed E-state index contributed by atoms with van der Waals surface area (Å²) in [6.45, 7) is 0.281. The molecule has 2 rings (SSSR count). The SMILES string of the molecule is COC(=O)c1cccc(C(=O)NCc2ccc(OC)c(OC)c2)n1. The van der Waals surface area contributed by atoms with Crippen LogP contribution in [0.25, 0.3) is 0 Å². The first-order valence-electron chi connectivity index (χ1n) is 7.13. The molecule has 7 heteroatoms. The van der Waals surface area contributed by atoms with Gasteiger partial charge in [-0.1, -0.05) is 12.1 Å². The van der Waals surface area contributed by atoms with Crippen molar-refractivity contribution >= 4 is 11.9 Å². The van der Waals surface area contributed by atoms with Crippen LogP contribution >= 0.6 is 0 Å². The van der Waals surface area contributed by atoms with E-state index in [1.165, 1.54) is 19.2 Å². The normalized spacial score (nSPS) is 9.96. The molecule has 7 nitrogen and oxygen atoms in total. The molecule has 2 aromatic rings. The fourth-order valence-corrected chi connectivity index (χ4v) is 2.04. The van der Waals surface area contributed by atoms with Gasteiger partial charge in [0.1, 0.15) is 11.4 Å². The highest BCUT2D eigenvalue weighted by molar-refractivity contribution is 5.94. The monoisotopic (exact) mass is 330 g/mol. The average molecular weight is 330 g/mol. The number of pyridine rings is 1. The van der Waals surface area contributed by atoms with Crippen molar-refractivity contribution in [1.82, 2.24) is 10.3 Å². The van der Waals surface area contributed by atoms with E-state index in [1.54, 1.807) is 32.4 Å². The number of hydrogen-bond acceptors (Lipinski definition) is 6. The van der Waals surface area contributed by atoms with Gasteiger partial charge in [-0.15, -0.1) is 0 Å². The van der Waals surface area contributed by atoms with Crippen LogP contribution in [0.2, 0.25) is 0 Å². The first-order valence-corrected chi connectivity index (χ1v) is 7.13. The molecule has 0 radical (unpaired) electrons. The molecule has 0 aliphatic rings. The second-order valence-electron chi connectivity index (χ2n) is 4.77. The summed E-state index contributed by atoms with van der Waals surface area (Å²) in [7, 11) is 4.36. The number of nitrogens with zero attached hydrogens (tertiary/aromatic N) is 1. The van der Waals surface area contributed by atoms with E-state index in [-0.39, 0.29) is 17.9 Å². The smallest absolute Gasteiger partial charge is 0.356 e. The molecule has 0 spiro atoms. The molecule has 0 saturated carbocycles. The van der Waals surface area contributed by atoms with Crippen LogP contribution in [-0.4, -0.2) is 38.2 Å². The van der Waals surface area contributed by atoms with Gasteiger partial charge < -0.3 is 19.5 Å². The van der Waals surface area contributed by atoms with Crippen LogP contribution < -0.4 is 14.8 Å². The van der Waals surface area contributed by atoms with Gasteiger partial charge >= 0.3 is 5.97 Å². The van der Waals surface area contributed by atoms with Crippen molar-refractivity contribution in [1.29, 1.82) is 0 Å². The summed E-state index contributed by atoms with van der Waals surface area (Å²) in [6.07, 6.45) is 0. The molecule has 0 unspecified atom stereocenters. The van der Waals surface area contributed by atoms with Gasteiger partial charge in [-0.2, -0.15) is 0 Å². The van der Waals surface area contributed by atoms with Gasteiger partial charge in [0.05, 0.1) is 21.3 Å². The Morgan fingerprint density at radius 1 is 1.00 bits per heavy atom. The van der Waals surface area contributed by atoms with E-state index in [0.717, 1.165) is 5.56 Å². The lowest BCUT2D eigenvalue weighted by molar-refractivity contribution is 0.0594. The van der Waals surface area contributed by atoms with E-state index in [2.05, 4.69) is 15.0 Å². The van der Waals surface area contributed by atoms with Crippen LogP contribution in [-0.2, 0) is 11.3 Å². The zero-order valence-corrected chi connectivity index (χ0v) is 13.7. The van der Waals surface area contributed by atoms with Crippen LogP contribution in [0.3, 0.4) is 0 Å². The molecule has 1 heterocycles. The van der Waals surface area contributed by atoms with Crippen molar-refractivity contribution in [2.45, 2.75) is 6.54 Å². The molecule has 1 aromatic carbocycles. The van der Waals surface area contributed by atoms with Gasteiger partial charge in [-0.25, -0.2) is 9.78 Å². The fraction of sp³-hybridized carbons (Fsp3) is 0.235. The van der Waals surface area contributed by atoms with Gasteiger partial charge in [-0.05, 0) is 29.8 Å². The molecule has 0 atom stereocenters. The molecule has 0 saturated heterocycles. The number of benzene rings is 1. The molecule has 24 heavy (non-hydrogen) atoms. The van der Waals surface area contributed by atoms with E-state index in [1.807, 2.05) is 6.07 Å². The lowest BCUT2D eigenvalue weighted by Crippen LogP contribution is -2.24. The first-order chi connectivity index (χ1) is 11.6. The summed E-state index contributed by atoms with van der Waals surface area (Å²) >= 11 is 0. The van der Waals surface area contributed by atoms with E-state index < -0.39 is 11.9 Å². The molecule has 126 valence electrons. The summed E-state index contributed by atoms with van der Waals surface area (Å²) in [6, 6.07) is 9.94. The lowest BCUT2D eigenvalue weighted by atomic mass is 10.2. The van der Waals surface area contributed by atoms with Gasteiger partial charge in [0.15, 0.2) is 11.5 Å². The van der Waals surface area contributed by atoms with Gasteiger partial charge in [0.2, 0.25) is 0 Å². The molecule has 0 aliphatic carbocycles. The minimum atomic E-state index is -0.593. The summed E-state index contributed by atoms with van der Waals surface area (Å²) in [5.41, 5.74) is 1.06. The van der Waals surface area contributed by atoms with Gasteiger partial charge in [0.25, 0.3) is 5.91 Å². The van der Waals surface area contributed by atoms with Crippen LogP contribution in [0, 0.1) is 0 Å². The zero-order valence-electron chi connectivity index (χ0n) is 13.7. The zero-order chi connectivity index (χ0) is 17.5. The number of ether oxygens (including phenoxy) is 3. The number of nitrogens with one attached hydrogen (secondary N) is 1.